The number of fused-ring (bicyclic) bond motifs is 2. The number of carbonyl (C=O) groups is 3. The molecule has 2 heterocycles. The molecule has 2 fully saturated rings. The minimum absolute atomic E-state index is 0.0876. The summed E-state index contributed by atoms with van der Waals surface area (Å²) in [6.45, 7) is 4.88. The predicted molar refractivity (Wildman–Crippen MR) is 97.5 cm³/mol. The van der Waals surface area contributed by atoms with E-state index in [9.17, 15) is 14.4 Å². The third kappa shape index (κ3) is 2.83. The molecule has 0 radical (unpaired) electrons. The fraction of sp³-hybridized carbons (Fsp3) is 0.571. The molecule has 4 rings (SSSR count). The zero-order chi connectivity index (χ0) is 18.4. The lowest BCUT2D eigenvalue weighted by Gasteiger charge is -2.44. The topological polar surface area (TPSA) is 66.5 Å². The molecule has 1 aromatic carbocycles. The molecule has 5 atom stereocenters. The Morgan fingerprint density at radius 1 is 0.962 bits per heavy atom. The summed E-state index contributed by atoms with van der Waals surface area (Å²) in [6.07, 6.45) is 3.62. The molecule has 5 nitrogen and oxygen atoms in total. The third-order valence-corrected chi connectivity index (χ3v) is 6.71. The maximum atomic E-state index is 12.5. The number of nitrogens with one attached hydrogen (secondary N) is 1. The van der Waals surface area contributed by atoms with E-state index in [0.717, 1.165) is 19.3 Å². The van der Waals surface area contributed by atoms with E-state index in [1.807, 2.05) is 0 Å². The quantitative estimate of drug-likeness (QED) is 0.849. The molecule has 138 valence electrons. The Kier molecular flexibility index (Phi) is 4.33. The fourth-order valence-electron chi connectivity index (χ4n) is 4.89. The van der Waals surface area contributed by atoms with Crippen molar-refractivity contribution in [1.82, 2.24) is 10.2 Å². The van der Waals surface area contributed by atoms with Gasteiger partial charge in [-0.1, -0.05) is 26.0 Å². The van der Waals surface area contributed by atoms with Gasteiger partial charge in [0.25, 0.3) is 11.8 Å². The van der Waals surface area contributed by atoms with E-state index in [1.165, 1.54) is 4.90 Å². The van der Waals surface area contributed by atoms with Crippen LogP contribution in [-0.4, -0.2) is 35.2 Å². The average Bonchev–Trinajstić information content (AvgIpc) is 2.86. The number of piperidine rings is 1. The first-order chi connectivity index (χ1) is 12.5. The van der Waals surface area contributed by atoms with Gasteiger partial charge in [0, 0.05) is 18.5 Å². The summed E-state index contributed by atoms with van der Waals surface area (Å²) in [4.78, 5) is 38.8. The molecule has 1 aromatic rings. The second kappa shape index (κ2) is 6.53. The van der Waals surface area contributed by atoms with Gasteiger partial charge in [-0.05, 0) is 55.6 Å². The van der Waals surface area contributed by atoms with E-state index in [1.54, 1.807) is 24.3 Å². The summed E-state index contributed by atoms with van der Waals surface area (Å²) in [5, 5.41) is 3.21. The standard InChI is InChI=1S/C21H26N2O3/c1-12-9-15-11-14(19(24)22-18(15)10-13(12)2)7-8-23-20(25)16-5-3-4-6-17(16)21(23)26/h3-6,12-15,18H,7-11H2,1-2H3,(H,22,24). The monoisotopic (exact) mass is 354 g/mol. The van der Waals surface area contributed by atoms with Crippen LogP contribution >= 0.6 is 0 Å². The number of nitrogens with zero attached hydrogens (tertiary/aromatic N) is 1. The number of hydrogen-bond acceptors (Lipinski definition) is 3. The summed E-state index contributed by atoms with van der Waals surface area (Å²) in [6, 6.07) is 7.22. The minimum Gasteiger partial charge on any atom is -0.353 e. The van der Waals surface area contributed by atoms with Crippen LogP contribution in [0.15, 0.2) is 24.3 Å². The fourth-order valence-corrected chi connectivity index (χ4v) is 4.89. The van der Waals surface area contributed by atoms with Crippen molar-refractivity contribution in [3.05, 3.63) is 35.4 Å². The van der Waals surface area contributed by atoms with Crippen LogP contribution in [0.25, 0.3) is 0 Å². The van der Waals surface area contributed by atoms with E-state index >= 15 is 0 Å². The van der Waals surface area contributed by atoms with E-state index in [0.29, 0.717) is 47.9 Å². The van der Waals surface area contributed by atoms with Crippen LogP contribution in [0.2, 0.25) is 0 Å². The van der Waals surface area contributed by atoms with Gasteiger partial charge >= 0.3 is 0 Å². The van der Waals surface area contributed by atoms with Crippen LogP contribution in [0.5, 0.6) is 0 Å². The van der Waals surface area contributed by atoms with E-state index < -0.39 is 0 Å². The second-order valence-corrected chi connectivity index (χ2v) is 8.33. The maximum Gasteiger partial charge on any atom is 0.261 e. The van der Waals surface area contributed by atoms with Crippen LogP contribution in [-0.2, 0) is 4.79 Å². The molecule has 0 bridgehead atoms. The Hall–Kier alpha value is -2.17. The van der Waals surface area contributed by atoms with Gasteiger partial charge in [-0.2, -0.15) is 0 Å². The summed E-state index contributed by atoms with van der Waals surface area (Å²) >= 11 is 0. The Morgan fingerprint density at radius 2 is 1.58 bits per heavy atom. The van der Waals surface area contributed by atoms with Crippen molar-refractivity contribution in [3.8, 4) is 0 Å². The highest BCUT2D eigenvalue weighted by Crippen LogP contribution is 2.40. The number of carbonyl (C=O) groups excluding carboxylic acids is 3. The normalized spacial score (nSPS) is 33.7. The van der Waals surface area contributed by atoms with Gasteiger partial charge in [0.05, 0.1) is 11.1 Å². The molecule has 5 unspecified atom stereocenters. The molecule has 1 aliphatic carbocycles. The number of hydrogen-bond donors (Lipinski definition) is 1. The van der Waals surface area contributed by atoms with Crippen LogP contribution in [0.4, 0.5) is 0 Å². The summed E-state index contributed by atoms with van der Waals surface area (Å²) < 4.78 is 0. The minimum atomic E-state index is -0.236. The Bertz CT molecular complexity index is 724. The smallest absolute Gasteiger partial charge is 0.261 e. The lowest BCUT2D eigenvalue weighted by molar-refractivity contribution is -0.131. The molecule has 3 aliphatic rings. The highest BCUT2D eigenvalue weighted by atomic mass is 16.2. The molecule has 26 heavy (non-hydrogen) atoms. The van der Waals surface area contributed by atoms with Crippen molar-refractivity contribution in [2.45, 2.75) is 45.6 Å². The van der Waals surface area contributed by atoms with E-state index in [4.69, 9.17) is 0 Å². The number of imide groups is 1. The van der Waals surface area contributed by atoms with Crippen molar-refractivity contribution in [1.29, 1.82) is 0 Å². The number of rotatable bonds is 3. The highest BCUT2D eigenvalue weighted by Gasteiger charge is 2.41. The third-order valence-electron chi connectivity index (χ3n) is 6.71. The van der Waals surface area contributed by atoms with Gasteiger partial charge in [0.2, 0.25) is 5.91 Å². The highest BCUT2D eigenvalue weighted by molar-refractivity contribution is 6.21. The first-order valence-electron chi connectivity index (χ1n) is 9.71. The first kappa shape index (κ1) is 17.3. The average molecular weight is 354 g/mol. The largest absolute Gasteiger partial charge is 0.353 e. The number of benzene rings is 1. The Labute approximate surface area is 154 Å². The van der Waals surface area contributed by atoms with Gasteiger partial charge in [0.1, 0.15) is 0 Å². The molecular weight excluding hydrogens is 328 g/mol. The zero-order valence-electron chi connectivity index (χ0n) is 15.4. The number of amides is 3. The molecule has 1 saturated heterocycles. The summed E-state index contributed by atoms with van der Waals surface area (Å²) in [7, 11) is 0. The summed E-state index contributed by atoms with van der Waals surface area (Å²) in [5.41, 5.74) is 0.946. The molecule has 0 aromatic heterocycles. The van der Waals surface area contributed by atoms with Crippen molar-refractivity contribution < 1.29 is 14.4 Å². The van der Waals surface area contributed by atoms with Crippen LogP contribution in [0, 0.1) is 23.7 Å². The Balaban J connectivity index is 1.40. The van der Waals surface area contributed by atoms with Gasteiger partial charge in [-0.15, -0.1) is 0 Å². The maximum absolute atomic E-state index is 12.5. The Morgan fingerprint density at radius 3 is 2.23 bits per heavy atom. The SMILES string of the molecule is CC1CC2CC(CCN3C(=O)c4ccccc4C3=O)C(=O)NC2CC1C. The summed E-state index contributed by atoms with van der Waals surface area (Å²) in [5.74, 6) is 1.35. The zero-order valence-corrected chi connectivity index (χ0v) is 15.4. The van der Waals surface area contributed by atoms with Gasteiger partial charge in [-0.25, -0.2) is 0 Å². The van der Waals surface area contributed by atoms with Gasteiger partial charge < -0.3 is 5.32 Å². The van der Waals surface area contributed by atoms with Crippen molar-refractivity contribution in [2.24, 2.45) is 23.7 Å². The van der Waals surface area contributed by atoms with Crippen LogP contribution in [0.3, 0.4) is 0 Å². The van der Waals surface area contributed by atoms with Crippen molar-refractivity contribution in [3.63, 3.8) is 0 Å². The van der Waals surface area contributed by atoms with Crippen LogP contribution in [0.1, 0.15) is 60.2 Å². The lowest BCUT2D eigenvalue weighted by atomic mass is 9.68. The van der Waals surface area contributed by atoms with Crippen molar-refractivity contribution >= 4 is 17.7 Å². The molecule has 5 heteroatoms. The molecule has 2 aliphatic heterocycles. The van der Waals surface area contributed by atoms with E-state index in [-0.39, 0.29) is 23.6 Å². The molecule has 0 spiro atoms. The van der Waals surface area contributed by atoms with Gasteiger partial charge in [-0.3, -0.25) is 19.3 Å². The predicted octanol–water partition coefficient (Wildman–Crippen LogP) is 2.86. The second-order valence-electron chi connectivity index (χ2n) is 8.33. The first-order valence-corrected chi connectivity index (χ1v) is 9.71. The molecular formula is C21H26N2O3. The lowest BCUT2D eigenvalue weighted by Crippen LogP contribution is -2.53. The van der Waals surface area contributed by atoms with Crippen molar-refractivity contribution in [2.75, 3.05) is 6.54 Å². The molecule has 1 N–H and O–H groups in total. The van der Waals surface area contributed by atoms with Gasteiger partial charge in [0.15, 0.2) is 0 Å². The molecule has 3 amide bonds. The van der Waals surface area contributed by atoms with Crippen LogP contribution < -0.4 is 5.32 Å². The molecule has 1 saturated carbocycles. The van der Waals surface area contributed by atoms with E-state index in [2.05, 4.69) is 19.2 Å².